The number of aromatic nitrogens is 2. The molecule has 3 heterocycles. The van der Waals surface area contributed by atoms with Crippen molar-refractivity contribution in [3.8, 4) is 0 Å². The van der Waals surface area contributed by atoms with Crippen LogP contribution in [0.5, 0.6) is 0 Å². The van der Waals surface area contributed by atoms with E-state index in [0.29, 0.717) is 22.8 Å². The van der Waals surface area contributed by atoms with Gasteiger partial charge in [0.25, 0.3) is 5.91 Å². The summed E-state index contributed by atoms with van der Waals surface area (Å²) in [7, 11) is 2.26. The van der Waals surface area contributed by atoms with E-state index in [4.69, 9.17) is 5.10 Å². The standard InChI is InChI=1S/C26H34IN5O/c1-18-15-23(29-32(18)20-5-12-30(2)26(17-20)8-9-26)28-24(33)21-4-3-19(27)16-22(21)31-13-10-25(6-7-25)11-14-31/h3-4,15-16,20H,5-14,17H2,1-2H3,(H,28,29,33). The molecule has 1 aromatic heterocycles. The summed E-state index contributed by atoms with van der Waals surface area (Å²) in [5.74, 6) is 0.612. The molecule has 2 aliphatic carbocycles. The van der Waals surface area contributed by atoms with E-state index in [2.05, 4.69) is 62.4 Å². The number of aryl methyl sites for hydroxylation is 1. The molecule has 1 amide bonds. The topological polar surface area (TPSA) is 53.4 Å². The number of rotatable bonds is 4. The van der Waals surface area contributed by atoms with Crippen molar-refractivity contribution in [1.29, 1.82) is 0 Å². The van der Waals surface area contributed by atoms with E-state index in [-0.39, 0.29) is 5.91 Å². The Balaban J connectivity index is 1.19. The second kappa shape index (κ2) is 7.97. The molecule has 4 fully saturated rings. The highest BCUT2D eigenvalue weighted by Crippen LogP contribution is 2.54. The van der Waals surface area contributed by atoms with Crippen molar-refractivity contribution in [3.63, 3.8) is 0 Å². The van der Waals surface area contributed by atoms with Gasteiger partial charge in [0, 0.05) is 40.5 Å². The fourth-order valence-electron chi connectivity index (χ4n) is 6.17. The lowest BCUT2D eigenvalue weighted by Gasteiger charge is -2.38. The summed E-state index contributed by atoms with van der Waals surface area (Å²) < 4.78 is 3.33. The fraction of sp³-hybridized carbons (Fsp3) is 0.615. The lowest BCUT2D eigenvalue weighted by Crippen LogP contribution is -2.42. The van der Waals surface area contributed by atoms with Crippen LogP contribution in [-0.4, -0.2) is 52.8 Å². The van der Waals surface area contributed by atoms with Gasteiger partial charge in [-0.25, -0.2) is 0 Å². The van der Waals surface area contributed by atoms with Crippen LogP contribution in [-0.2, 0) is 0 Å². The zero-order valence-corrected chi connectivity index (χ0v) is 21.9. The van der Waals surface area contributed by atoms with Gasteiger partial charge in [-0.1, -0.05) is 0 Å². The first-order valence-corrected chi connectivity index (χ1v) is 13.6. The molecule has 6 nitrogen and oxygen atoms in total. The number of carbonyl (C=O) groups excluding carboxylic acids is 1. The average molecular weight is 559 g/mol. The van der Waals surface area contributed by atoms with Crippen LogP contribution >= 0.6 is 22.6 Å². The first-order chi connectivity index (χ1) is 15.9. The van der Waals surface area contributed by atoms with Gasteiger partial charge in [-0.15, -0.1) is 0 Å². The third-order valence-electron chi connectivity index (χ3n) is 8.89. The smallest absolute Gasteiger partial charge is 0.258 e. The Morgan fingerprint density at radius 1 is 1.09 bits per heavy atom. The minimum atomic E-state index is -0.0557. The van der Waals surface area contributed by atoms with Gasteiger partial charge in [-0.05, 0) is 112 Å². The molecule has 6 rings (SSSR count). The molecule has 7 heteroatoms. The molecule has 0 radical (unpaired) electrons. The van der Waals surface area contributed by atoms with Gasteiger partial charge in [0.1, 0.15) is 0 Å². The Hall–Kier alpha value is -1.61. The van der Waals surface area contributed by atoms with Crippen molar-refractivity contribution >= 4 is 40.0 Å². The van der Waals surface area contributed by atoms with Crippen LogP contribution < -0.4 is 10.2 Å². The number of benzene rings is 1. The largest absolute Gasteiger partial charge is 0.371 e. The molecule has 2 saturated heterocycles. The summed E-state index contributed by atoms with van der Waals surface area (Å²) in [6.45, 7) is 5.32. The van der Waals surface area contributed by atoms with E-state index >= 15 is 0 Å². The Bertz CT molecular complexity index is 1080. The van der Waals surface area contributed by atoms with E-state index in [0.717, 1.165) is 49.4 Å². The molecular weight excluding hydrogens is 525 g/mol. The van der Waals surface area contributed by atoms with Crippen molar-refractivity contribution in [3.05, 3.63) is 39.1 Å². The molecule has 0 bridgehead atoms. The van der Waals surface area contributed by atoms with Crippen LogP contribution in [0.1, 0.15) is 73.5 Å². The molecule has 4 aliphatic rings. The molecule has 1 atom stereocenters. The summed E-state index contributed by atoms with van der Waals surface area (Å²) in [5, 5.41) is 7.98. The molecular formula is C26H34IN5O. The van der Waals surface area contributed by atoms with Crippen molar-refractivity contribution in [2.24, 2.45) is 5.41 Å². The number of hydrogen-bond donors (Lipinski definition) is 1. The fourth-order valence-corrected chi connectivity index (χ4v) is 6.65. The minimum Gasteiger partial charge on any atom is -0.371 e. The van der Waals surface area contributed by atoms with Crippen LogP contribution in [0, 0.1) is 15.9 Å². The van der Waals surface area contributed by atoms with Crippen LogP contribution in [0.2, 0.25) is 0 Å². The van der Waals surface area contributed by atoms with Gasteiger partial charge < -0.3 is 15.1 Å². The van der Waals surface area contributed by atoms with E-state index in [1.54, 1.807) is 0 Å². The maximum Gasteiger partial charge on any atom is 0.258 e. The number of carbonyl (C=O) groups is 1. The molecule has 1 aromatic carbocycles. The normalized spacial score (nSPS) is 25.4. The minimum absolute atomic E-state index is 0.0557. The number of anilines is 2. The summed E-state index contributed by atoms with van der Waals surface area (Å²) in [6.07, 6.45) is 10.2. The van der Waals surface area contributed by atoms with Crippen molar-refractivity contribution in [1.82, 2.24) is 14.7 Å². The molecule has 1 N–H and O–H groups in total. The molecule has 2 saturated carbocycles. The number of amides is 1. The van der Waals surface area contributed by atoms with Gasteiger partial charge in [0.2, 0.25) is 0 Å². The highest BCUT2D eigenvalue weighted by molar-refractivity contribution is 14.1. The monoisotopic (exact) mass is 559 g/mol. The van der Waals surface area contributed by atoms with Crippen LogP contribution in [0.15, 0.2) is 24.3 Å². The SMILES string of the molecule is Cc1cc(NC(=O)c2ccc(I)cc2N2CCC3(CC2)CC3)nn1C1CCN(C)C2(CC2)C1. The quantitative estimate of drug-likeness (QED) is 0.522. The number of nitrogens with one attached hydrogen (secondary N) is 1. The summed E-state index contributed by atoms with van der Waals surface area (Å²) in [6, 6.07) is 8.62. The molecule has 176 valence electrons. The average Bonchev–Trinajstić information content (AvgIpc) is 3.71. The zero-order chi connectivity index (χ0) is 22.8. The predicted molar refractivity (Wildman–Crippen MR) is 140 cm³/mol. The summed E-state index contributed by atoms with van der Waals surface area (Å²) >= 11 is 2.35. The van der Waals surface area contributed by atoms with Gasteiger partial charge in [0.15, 0.2) is 5.82 Å². The Labute approximate surface area is 210 Å². The van der Waals surface area contributed by atoms with E-state index in [1.165, 1.54) is 42.1 Å². The van der Waals surface area contributed by atoms with Gasteiger partial charge in [-0.3, -0.25) is 9.48 Å². The summed E-state index contributed by atoms with van der Waals surface area (Å²) in [5.41, 5.74) is 3.97. The Morgan fingerprint density at radius 2 is 1.85 bits per heavy atom. The van der Waals surface area contributed by atoms with Crippen LogP contribution in [0.4, 0.5) is 11.5 Å². The second-order valence-corrected chi connectivity index (χ2v) is 12.3. The van der Waals surface area contributed by atoms with E-state index in [1.807, 2.05) is 18.2 Å². The Morgan fingerprint density at radius 3 is 2.55 bits per heavy atom. The molecule has 2 aliphatic heterocycles. The van der Waals surface area contributed by atoms with Gasteiger partial charge in [0.05, 0.1) is 17.3 Å². The van der Waals surface area contributed by atoms with Gasteiger partial charge >= 0.3 is 0 Å². The number of halogens is 1. The zero-order valence-electron chi connectivity index (χ0n) is 19.7. The Kier molecular flexibility index (Phi) is 5.29. The molecule has 1 unspecified atom stereocenters. The van der Waals surface area contributed by atoms with Crippen molar-refractivity contribution in [2.75, 3.05) is 36.9 Å². The van der Waals surface area contributed by atoms with Gasteiger partial charge in [-0.2, -0.15) is 5.10 Å². The third-order valence-corrected chi connectivity index (χ3v) is 9.56. The summed E-state index contributed by atoms with van der Waals surface area (Å²) in [4.78, 5) is 18.3. The number of piperidine rings is 2. The van der Waals surface area contributed by atoms with Crippen LogP contribution in [0.25, 0.3) is 0 Å². The van der Waals surface area contributed by atoms with Crippen molar-refractivity contribution < 1.29 is 4.79 Å². The first kappa shape index (κ1) is 21.9. The lowest BCUT2D eigenvalue weighted by molar-refractivity contribution is 0.102. The van der Waals surface area contributed by atoms with E-state index < -0.39 is 0 Å². The number of likely N-dealkylation sites (tertiary alicyclic amines) is 1. The third kappa shape index (κ3) is 4.09. The number of nitrogens with zero attached hydrogens (tertiary/aromatic N) is 4. The molecule has 2 aromatic rings. The maximum absolute atomic E-state index is 13.4. The van der Waals surface area contributed by atoms with Crippen LogP contribution in [0.3, 0.4) is 0 Å². The highest BCUT2D eigenvalue weighted by Gasteiger charge is 2.50. The second-order valence-electron chi connectivity index (χ2n) is 11.0. The molecule has 33 heavy (non-hydrogen) atoms. The van der Waals surface area contributed by atoms with E-state index in [9.17, 15) is 4.79 Å². The maximum atomic E-state index is 13.4. The first-order valence-electron chi connectivity index (χ1n) is 12.5. The molecule has 2 spiro atoms. The predicted octanol–water partition coefficient (Wildman–Crippen LogP) is 5.23. The highest BCUT2D eigenvalue weighted by atomic mass is 127. The van der Waals surface area contributed by atoms with Crippen molar-refractivity contribution in [2.45, 2.75) is 69.9 Å². The number of hydrogen-bond acceptors (Lipinski definition) is 4. The lowest BCUT2D eigenvalue weighted by atomic mass is 9.93.